The molecule has 0 aliphatic carbocycles. The summed E-state index contributed by atoms with van der Waals surface area (Å²) in [6.45, 7) is 0.932. The number of hydrogen-bond donors (Lipinski definition) is 1. The van der Waals surface area contributed by atoms with Crippen LogP contribution >= 0.6 is 15.9 Å². The van der Waals surface area contributed by atoms with Gasteiger partial charge in [-0.25, -0.2) is 0 Å². The van der Waals surface area contributed by atoms with Gasteiger partial charge in [0, 0.05) is 41.9 Å². The smallest absolute Gasteiger partial charge is 0.303 e. The number of carboxylic acid groups (broad SMARTS) is 1. The second kappa shape index (κ2) is 5.82. The highest BCUT2D eigenvalue weighted by molar-refractivity contribution is 9.10. The van der Waals surface area contributed by atoms with Crippen molar-refractivity contribution in [1.29, 1.82) is 0 Å². The molecule has 2 aliphatic heterocycles. The second-order valence-corrected chi connectivity index (χ2v) is 6.92. The molecular formula is C15H19BrN2O2. The minimum absolute atomic E-state index is 0.333. The first-order valence-electron chi connectivity index (χ1n) is 7.19. The van der Waals surface area contributed by atoms with Gasteiger partial charge in [-0.05, 0) is 59.2 Å². The van der Waals surface area contributed by atoms with E-state index in [0.29, 0.717) is 24.4 Å². The van der Waals surface area contributed by atoms with Crippen molar-refractivity contribution in [2.75, 3.05) is 0 Å². The molecule has 2 saturated heterocycles. The molecule has 0 amide bonds. The minimum Gasteiger partial charge on any atom is -0.481 e. The van der Waals surface area contributed by atoms with Crippen LogP contribution in [0.25, 0.3) is 0 Å². The summed E-state index contributed by atoms with van der Waals surface area (Å²) in [7, 11) is 0. The number of fused-ring (bicyclic) bond motifs is 2. The van der Waals surface area contributed by atoms with Gasteiger partial charge in [0.2, 0.25) is 0 Å². The highest BCUT2D eigenvalue weighted by Crippen LogP contribution is 2.40. The van der Waals surface area contributed by atoms with Crippen molar-refractivity contribution in [2.45, 2.75) is 50.7 Å². The Hall–Kier alpha value is -0.940. The molecule has 1 aromatic rings. The van der Waals surface area contributed by atoms with Crippen molar-refractivity contribution in [2.24, 2.45) is 5.92 Å². The highest BCUT2D eigenvalue weighted by Gasteiger charge is 2.40. The average molecular weight is 339 g/mol. The molecule has 3 heterocycles. The summed E-state index contributed by atoms with van der Waals surface area (Å²) >= 11 is 3.46. The predicted molar refractivity (Wildman–Crippen MR) is 79.3 cm³/mol. The molecule has 2 fully saturated rings. The predicted octanol–water partition coefficient (Wildman–Crippen LogP) is 3.06. The molecule has 5 heteroatoms. The topological polar surface area (TPSA) is 53.4 Å². The van der Waals surface area contributed by atoms with Crippen LogP contribution in [-0.2, 0) is 11.3 Å². The Morgan fingerprint density at radius 2 is 2.05 bits per heavy atom. The Morgan fingerprint density at radius 1 is 1.35 bits per heavy atom. The van der Waals surface area contributed by atoms with Crippen LogP contribution < -0.4 is 0 Å². The number of pyridine rings is 1. The number of carbonyl (C=O) groups is 1. The number of piperidine rings is 1. The minimum atomic E-state index is -0.654. The molecule has 2 atom stereocenters. The van der Waals surface area contributed by atoms with Crippen molar-refractivity contribution < 1.29 is 9.90 Å². The molecule has 1 N–H and O–H groups in total. The standard InChI is InChI=1S/C15H19BrN2O2/c16-12-3-11(7-17-8-12)9-18-13-1-2-14(18)5-10(4-13)6-15(19)20/h3,7-8,10,13-14H,1-2,4-6,9H2,(H,19,20). The van der Waals surface area contributed by atoms with Crippen LogP contribution in [-0.4, -0.2) is 33.0 Å². The molecule has 4 nitrogen and oxygen atoms in total. The Balaban J connectivity index is 1.66. The van der Waals surface area contributed by atoms with Gasteiger partial charge in [-0.2, -0.15) is 0 Å². The zero-order valence-corrected chi connectivity index (χ0v) is 12.9. The molecule has 0 aromatic carbocycles. The first kappa shape index (κ1) is 14.0. The quantitative estimate of drug-likeness (QED) is 0.916. The lowest BCUT2D eigenvalue weighted by molar-refractivity contribution is -0.138. The molecule has 2 bridgehead atoms. The number of hydrogen-bond acceptors (Lipinski definition) is 3. The van der Waals surface area contributed by atoms with E-state index in [9.17, 15) is 4.79 Å². The van der Waals surface area contributed by atoms with Gasteiger partial charge in [0.25, 0.3) is 0 Å². The van der Waals surface area contributed by atoms with Crippen LogP contribution in [0.4, 0.5) is 0 Å². The lowest BCUT2D eigenvalue weighted by Crippen LogP contribution is -2.42. The van der Waals surface area contributed by atoms with E-state index in [2.05, 4.69) is 31.9 Å². The maximum absolute atomic E-state index is 10.9. The van der Waals surface area contributed by atoms with Gasteiger partial charge in [0.1, 0.15) is 0 Å². The molecule has 0 saturated carbocycles. The molecule has 2 aliphatic rings. The molecule has 0 radical (unpaired) electrons. The third kappa shape index (κ3) is 3.04. The van der Waals surface area contributed by atoms with Gasteiger partial charge >= 0.3 is 5.97 Å². The molecule has 1 aromatic heterocycles. The van der Waals surface area contributed by atoms with Gasteiger partial charge < -0.3 is 5.11 Å². The summed E-state index contributed by atoms with van der Waals surface area (Å²) in [5, 5.41) is 8.96. The Labute approximate surface area is 127 Å². The van der Waals surface area contributed by atoms with Gasteiger partial charge in [0.15, 0.2) is 0 Å². The maximum Gasteiger partial charge on any atom is 0.303 e. The van der Waals surface area contributed by atoms with E-state index in [1.807, 2.05) is 6.20 Å². The monoisotopic (exact) mass is 338 g/mol. The fourth-order valence-electron chi connectivity index (χ4n) is 3.81. The van der Waals surface area contributed by atoms with Crippen LogP contribution in [0.1, 0.15) is 37.7 Å². The summed E-state index contributed by atoms with van der Waals surface area (Å²) < 4.78 is 1.02. The fraction of sp³-hybridized carbons (Fsp3) is 0.600. The molecule has 20 heavy (non-hydrogen) atoms. The van der Waals surface area contributed by atoms with E-state index in [-0.39, 0.29) is 0 Å². The van der Waals surface area contributed by atoms with Crippen molar-refractivity contribution >= 4 is 21.9 Å². The summed E-state index contributed by atoms with van der Waals surface area (Å²) in [6.07, 6.45) is 8.54. The van der Waals surface area contributed by atoms with Crippen LogP contribution in [0.2, 0.25) is 0 Å². The normalized spacial score (nSPS) is 29.6. The first-order chi connectivity index (χ1) is 9.61. The number of nitrogens with zero attached hydrogens (tertiary/aromatic N) is 2. The van der Waals surface area contributed by atoms with Crippen molar-refractivity contribution in [1.82, 2.24) is 9.88 Å². The van der Waals surface area contributed by atoms with E-state index in [1.54, 1.807) is 6.20 Å². The van der Waals surface area contributed by atoms with Crippen LogP contribution in [0, 0.1) is 5.92 Å². The highest BCUT2D eigenvalue weighted by atomic mass is 79.9. The van der Waals surface area contributed by atoms with Gasteiger partial charge in [-0.15, -0.1) is 0 Å². The molecule has 108 valence electrons. The Kier molecular flexibility index (Phi) is 4.08. The van der Waals surface area contributed by atoms with Crippen molar-refractivity contribution in [3.8, 4) is 0 Å². The molecule has 0 spiro atoms. The van der Waals surface area contributed by atoms with E-state index in [4.69, 9.17) is 5.11 Å². The molecular weight excluding hydrogens is 320 g/mol. The van der Waals surface area contributed by atoms with Gasteiger partial charge in [-0.1, -0.05) is 0 Å². The first-order valence-corrected chi connectivity index (χ1v) is 7.98. The lowest BCUT2D eigenvalue weighted by Gasteiger charge is -2.38. The summed E-state index contributed by atoms with van der Waals surface area (Å²) in [4.78, 5) is 17.7. The fourth-order valence-corrected chi connectivity index (χ4v) is 4.22. The number of aliphatic carboxylic acids is 1. The van der Waals surface area contributed by atoms with Crippen molar-refractivity contribution in [3.63, 3.8) is 0 Å². The summed E-state index contributed by atoms with van der Waals surface area (Å²) in [6, 6.07) is 3.23. The van der Waals surface area contributed by atoms with Gasteiger partial charge in [0.05, 0.1) is 0 Å². The number of aromatic nitrogens is 1. The number of carboxylic acids is 1. The summed E-state index contributed by atoms with van der Waals surface area (Å²) in [5.74, 6) is -0.291. The Morgan fingerprint density at radius 3 is 2.65 bits per heavy atom. The van der Waals surface area contributed by atoms with Crippen LogP contribution in [0.5, 0.6) is 0 Å². The third-order valence-corrected chi connectivity index (χ3v) is 5.01. The van der Waals surface area contributed by atoms with E-state index < -0.39 is 5.97 Å². The van der Waals surface area contributed by atoms with E-state index >= 15 is 0 Å². The van der Waals surface area contributed by atoms with Crippen LogP contribution in [0.3, 0.4) is 0 Å². The maximum atomic E-state index is 10.9. The van der Waals surface area contributed by atoms with Crippen LogP contribution in [0.15, 0.2) is 22.9 Å². The Bertz CT molecular complexity index is 494. The third-order valence-electron chi connectivity index (χ3n) is 4.57. The number of halogens is 1. The lowest BCUT2D eigenvalue weighted by atomic mass is 9.88. The molecule has 3 rings (SSSR count). The zero-order valence-electron chi connectivity index (χ0n) is 11.3. The average Bonchev–Trinajstić information content (AvgIpc) is 2.61. The zero-order chi connectivity index (χ0) is 14.1. The largest absolute Gasteiger partial charge is 0.481 e. The SMILES string of the molecule is O=C(O)CC1CC2CCC(C1)N2Cc1cncc(Br)c1. The van der Waals surface area contributed by atoms with E-state index in [0.717, 1.165) is 23.9 Å². The molecule has 2 unspecified atom stereocenters. The van der Waals surface area contributed by atoms with E-state index in [1.165, 1.54) is 18.4 Å². The number of rotatable bonds is 4. The van der Waals surface area contributed by atoms with Crippen molar-refractivity contribution in [3.05, 3.63) is 28.5 Å². The van der Waals surface area contributed by atoms with Gasteiger partial charge in [-0.3, -0.25) is 14.7 Å². The summed E-state index contributed by atoms with van der Waals surface area (Å²) in [5.41, 5.74) is 1.23. The second-order valence-electron chi connectivity index (χ2n) is 6.00.